The number of imide groups is 1. The summed E-state index contributed by atoms with van der Waals surface area (Å²) < 4.78 is 27.9. The molecule has 0 aliphatic heterocycles. The van der Waals surface area contributed by atoms with E-state index in [0.717, 1.165) is 16.4 Å². The van der Waals surface area contributed by atoms with Crippen LogP contribution in [-0.2, 0) is 14.8 Å². The zero-order valence-corrected chi connectivity index (χ0v) is 17.0. The molecule has 5 N–H and O–H groups in total. The monoisotopic (exact) mass is 427 g/mol. The summed E-state index contributed by atoms with van der Waals surface area (Å²) in [6.07, 6.45) is 0. The third-order valence-electron chi connectivity index (χ3n) is 3.69. The highest BCUT2D eigenvalue weighted by Gasteiger charge is 2.23. The molecule has 0 unspecified atom stereocenters. The van der Waals surface area contributed by atoms with Gasteiger partial charge in [0.25, 0.3) is 0 Å². The highest BCUT2D eigenvalue weighted by atomic mass is 32.2. The van der Waals surface area contributed by atoms with Crippen molar-refractivity contribution in [2.75, 3.05) is 24.7 Å². The summed E-state index contributed by atoms with van der Waals surface area (Å²) in [5, 5.41) is 10.0. The molecule has 2 aromatic rings. The van der Waals surface area contributed by atoms with Gasteiger partial charge in [-0.2, -0.15) is 4.31 Å². The molecule has 28 heavy (non-hydrogen) atoms. The predicted octanol–water partition coefficient (Wildman–Crippen LogP) is -0.0236. The first-order valence-corrected chi connectivity index (χ1v) is 10.7. The van der Waals surface area contributed by atoms with E-state index in [1.807, 2.05) is 5.32 Å². The molecule has 0 aliphatic rings. The zero-order chi connectivity index (χ0) is 20.9. The van der Waals surface area contributed by atoms with Crippen LogP contribution in [0.5, 0.6) is 0 Å². The van der Waals surface area contributed by atoms with E-state index >= 15 is 0 Å². The van der Waals surface area contributed by atoms with Gasteiger partial charge in [0.1, 0.15) is 0 Å². The Morgan fingerprint density at radius 1 is 1.25 bits per heavy atom. The van der Waals surface area contributed by atoms with Crippen molar-refractivity contribution in [3.05, 3.63) is 24.3 Å². The molecule has 0 bridgehead atoms. The Bertz CT molecular complexity index is 971. The van der Waals surface area contributed by atoms with Crippen LogP contribution in [0.2, 0.25) is 0 Å². The molecule has 0 saturated carbocycles. The van der Waals surface area contributed by atoms with Gasteiger partial charge in [-0.1, -0.05) is 37.7 Å². The van der Waals surface area contributed by atoms with Crippen LogP contribution in [0.1, 0.15) is 13.8 Å². The van der Waals surface area contributed by atoms with Crippen LogP contribution in [-0.4, -0.2) is 58.4 Å². The molecule has 0 aliphatic carbocycles. The highest BCUT2D eigenvalue weighted by Crippen LogP contribution is 2.25. The van der Waals surface area contributed by atoms with Crippen LogP contribution in [0.3, 0.4) is 0 Å². The van der Waals surface area contributed by atoms with Crippen LogP contribution >= 0.6 is 11.8 Å². The lowest BCUT2D eigenvalue weighted by Crippen LogP contribution is -2.36. The number of hydrogen-bond donors (Lipinski definition) is 3. The molecular weight excluding hydrogens is 406 g/mol. The van der Waals surface area contributed by atoms with E-state index in [0.29, 0.717) is 18.7 Å². The van der Waals surface area contributed by atoms with Crippen LogP contribution in [0, 0.1) is 0 Å². The summed E-state index contributed by atoms with van der Waals surface area (Å²) in [4.78, 5) is 22.3. The molecule has 0 atom stereocenters. The fourth-order valence-electron chi connectivity index (χ4n) is 2.38. The lowest BCUT2D eigenvalue weighted by Gasteiger charge is -2.18. The SMILES string of the molecule is CCN(CC)S(=O)(=O)c1cccc(-c2nnc(SCC(=O)NC(N)=O)n2N)c1. The number of thioether (sulfide) groups is 1. The van der Waals surface area contributed by atoms with Crippen molar-refractivity contribution >= 4 is 33.7 Å². The minimum absolute atomic E-state index is 0.117. The Hall–Kier alpha value is -2.64. The molecule has 1 heterocycles. The van der Waals surface area contributed by atoms with E-state index in [4.69, 9.17) is 11.6 Å². The van der Waals surface area contributed by atoms with Crippen LogP contribution in [0.25, 0.3) is 11.4 Å². The Kier molecular flexibility index (Phi) is 6.99. The lowest BCUT2D eigenvalue weighted by molar-refractivity contribution is -0.117. The smallest absolute Gasteiger partial charge is 0.318 e. The van der Waals surface area contributed by atoms with Crippen LogP contribution in [0.15, 0.2) is 34.3 Å². The maximum absolute atomic E-state index is 12.7. The van der Waals surface area contributed by atoms with Gasteiger partial charge in [-0.05, 0) is 12.1 Å². The summed E-state index contributed by atoms with van der Waals surface area (Å²) in [5.74, 6) is 5.47. The topological polar surface area (TPSA) is 166 Å². The number of nitrogen functional groups attached to an aromatic ring is 1. The predicted molar refractivity (Wildman–Crippen MR) is 104 cm³/mol. The van der Waals surface area contributed by atoms with Gasteiger partial charge in [0.15, 0.2) is 5.82 Å². The van der Waals surface area contributed by atoms with E-state index < -0.39 is 22.0 Å². The molecule has 1 aromatic heterocycles. The second kappa shape index (κ2) is 9.03. The Balaban J connectivity index is 2.27. The van der Waals surface area contributed by atoms with Crippen molar-refractivity contribution in [2.45, 2.75) is 23.9 Å². The van der Waals surface area contributed by atoms with Gasteiger partial charge in [-0.15, -0.1) is 10.2 Å². The van der Waals surface area contributed by atoms with Crippen LogP contribution < -0.4 is 16.9 Å². The normalized spacial score (nSPS) is 11.5. The fourth-order valence-corrected chi connectivity index (χ4v) is 4.55. The molecule has 2 rings (SSSR count). The van der Waals surface area contributed by atoms with Gasteiger partial charge in [0.2, 0.25) is 21.1 Å². The van der Waals surface area contributed by atoms with Crippen LogP contribution in [0.4, 0.5) is 4.79 Å². The summed E-state index contributed by atoms with van der Waals surface area (Å²) in [7, 11) is -3.64. The van der Waals surface area contributed by atoms with E-state index in [1.54, 1.807) is 26.0 Å². The minimum Gasteiger partial charge on any atom is -0.351 e. The number of nitrogens with zero attached hydrogens (tertiary/aromatic N) is 4. The number of rotatable bonds is 8. The second-order valence-corrected chi connectivity index (χ2v) is 8.37. The van der Waals surface area contributed by atoms with Gasteiger partial charge in [-0.25, -0.2) is 17.9 Å². The molecule has 3 amide bonds. The van der Waals surface area contributed by atoms with Crippen molar-refractivity contribution in [3.8, 4) is 11.4 Å². The van der Waals surface area contributed by atoms with E-state index in [1.165, 1.54) is 16.4 Å². The molecular formula is C15H21N7O4S2. The molecule has 0 radical (unpaired) electrons. The average molecular weight is 428 g/mol. The van der Waals surface area contributed by atoms with Gasteiger partial charge in [0.05, 0.1) is 10.6 Å². The van der Waals surface area contributed by atoms with E-state index in [2.05, 4.69) is 10.2 Å². The van der Waals surface area contributed by atoms with Crippen molar-refractivity contribution in [3.63, 3.8) is 0 Å². The Labute approximate surface area is 166 Å². The number of sulfonamides is 1. The lowest BCUT2D eigenvalue weighted by atomic mass is 10.2. The van der Waals surface area contributed by atoms with E-state index in [9.17, 15) is 18.0 Å². The number of carbonyl (C=O) groups is 2. The van der Waals surface area contributed by atoms with Gasteiger partial charge in [0, 0.05) is 18.7 Å². The number of aromatic nitrogens is 3. The molecule has 0 fully saturated rings. The average Bonchev–Trinajstić information content (AvgIpc) is 3.01. The molecule has 11 nitrogen and oxygen atoms in total. The first kappa shape index (κ1) is 21.7. The first-order valence-electron chi connectivity index (χ1n) is 8.23. The quantitative estimate of drug-likeness (QED) is 0.390. The molecule has 13 heteroatoms. The maximum atomic E-state index is 12.7. The van der Waals surface area contributed by atoms with Gasteiger partial charge < -0.3 is 11.6 Å². The second-order valence-electron chi connectivity index (χ2n) is 5.49. The van der Waals surface area contributed by atoms with Gasteiger partial charge >= 0.3 is 6.03 Å². The molecule has 152 valence electrons. The van der Waals surface area contributed by atoms with E-state index in [-0.39, 0.29) is 21.6 Å². The summed E-state index contributed by atoms with van der Waals surface area (Å²) >= 11 is 0.953. The highest BCUT2D eigenvalue weighted by molar-refractivity contribution is 7.99. The number of hydrogen-bond acceptors (Lipinski definition) is 8. The molecule has 0 spiro atoms. The summed E-state index contributed by atoms with van der Waals surface area (Å²) in [5.41, 5.74) is 5.33. The van der Waals surface area contributed by atoms with Crippen molar-refractivity contribution in [2.24, 2.45) is 5.73 Å². The zero-order valence-electron chi connectivity index (χ0n) is 15.3. The number of carbonyl (C=O) groups excluding carboxylic acids is 2. The van der Waals surface area contributed by atoms with Gasteiger partial charge in [-0.3, -0.25) is 10.1 Å². The molecule has 1 aromatic carbocycles. The van der Waals surface area contributed by atoms with Crippen molar-refractivity contribution in [1.82, 2.24) is 24.5 Å². The number of nitrogens with one attached hydrogen (secondary N) is 1. The maximum Gasteiger partial charge on any atom is 0.318 e. The summed E-state index contributed by atoms with van der Waals surface area (Å²) in [6, 6.07) is 5.26. The minimum atomic E-state index is -3.64. The third kappa shape index (κ3) is 4.79. The summed E-state index contributed by atoms with van der Waals surface area (Å²) in [6.45, 7) is 4.23. The van der Waals surface area contributed by atoms with Crippen molar-refractivity contribution < 1.29 is 18.0 Å². The Morgan fingerprint density at radius 3 is 2.54 bits per heavy atom. The van der Waals surface area contributed by atoms with Crippen molar-refractivity contribution in [1.29, 1.82) is 0 Å². The number of benzene rings is 1. The number of amides is 3. The third-order valence-corrected chi connectivity index (χ3v) is 6.68. The largest absolute Gasteiger partial charge is 0.351 e. The fraction of sp³-hybridized carbons (Fsp3) is 0.333. The first-order chi connectivity index (χ1) is 13.2. The molecule has 0 saturated heterocycles. The number of nitrogens with two attached hydrogens (primary N) is 2. The standard InChI is InChI=1S/C15H21N7O4S2/c1-3-21(4-2)28(25,26)11-7-5-6-10(8-11)13-19-20-15(22(13)17)27-9-12(23)18-14(16)24/h5-8H,3-4,9,17H2,1-2H3,(H3,16,18,23,24). The Morgan fingerprint density at radius 2 is 1.93 bits per heavy atom. The number of primary amides is 1. The number of urea groups is 1.